The zero-order valence-electron chi connectivity index (χ0n) is 14.9. The first kappa shape index (κ1) is 17.0. The summed E-state index contributed by atoms with van der Waals surface area (Å²) in [6.07, 6.45) is 5.88. The number of aryl methyl sites for hydroxylation is 1. The molecule has 1 N–H and O–H groups in total. The van der Waals surface area contributed by atoms with Crippen LogP contribution in [0.5, 0.6) is 0 Å². The number of carbonyl (C=O) groups is 1. The van der Waals surface area contributed by atoms with Gasteiger partial charge in [-0.25, -0.2) is 4.98 Å². The molecule has 3 aliphatic heterocycles. The molecule has 0 unspecified atom stereocenters. The van der Waals surface area contributed by atoms with Crippen LogP contribution in [-0.2, 0) is 22.6 Å². The highest BCUT2D eigenvalue weighted by atomic mass is 16.5. The lowest BCUT2D eigenvalue weighted by Crippen LogP contribution is -2.44. The molecule has 4 rings (SSSR count). The van der Waals surface area contributed by atoms with E-state index in [-0.39, 0.29) is 5.92 Å². The summed E-state index contributed by atoms with van der Waals surface area (Å²) < 4.78 is 7.60. The van der Waals surface area contributed by atoms with Crippen molar-refractivity contribution in [3.8, 4) is 0 Å². The summed E-state index contributed by atoms with van der Waals surface area (Å²) in [6.45, 7) is 8.40. The molecule has 0 amide bonds. The fourth-order valence-corrected chi connectivity index (χ4v) is 4.94. The summed E-state index contributed by atoms with van der Waals surface area (Å²) in [6, 6.07) is 0.489. The van der Waals surface area contributed by atoms with Crippen LogP contribution in [0.15, 0.2) is 12.4 Å². The van der Waals surface area contributed by atoms with Gasteiger partial charge in [0.1, 0.15) is 5.82 Å². The first-order valence-corrected chi connectivity index (χ1v) is 9.40. The molecule has 0 bridgehead atoms. The third kappa shape index (κ3) is 2.98. The summed E-state index contributed by atoms with van der Waals surface area (Å²) in [7, 11) is 0. The lowest BCUT2D eigenvalue weighted by molar-refractivity contribution is -0.149. The van der Waals surface area contributed by atoms with Gasteiger partial charge in [0.25, 0.3) is 0 Å². The molecule has 3 aliphatic rings. The number of carboxylic acid groups (broad SMARTS) is 1. The van der Waals surface area contributed by atoms with E-state index in [4.69, 9.17) is 4.74 Å². The standard InChI is InChI=1S/C18H28N4O3/c1-2-21-6-5-19-16(21)11-20-9-14-10-22(15-3-7-25-8-4-15)13-18(14,12-20)17(23)24/h5-6,14-15H,2-4,7-13H2,1H3,(H,23,24)/t14-,18-/m0/s1. The molecule has 1 aromatic rings. The SMILES string of the molecule is CCn1ccnc1CN1C[C@H]2CN(C3CCOCC3)C[C@@]2(C(=O)O)C1. The van der Waals surface area contributed by atoms with Gasteiger partial charge in [-0.05, 0) is 19.8 Å². The fraction of sp³-hybridized carbons (Fsp3) is 0.778. The maximum absolute atomic E-state index is 12.2. The summed E-state index contributed by atoms with van der Waals surface area (Å²) >= 11 is 0. The summed E-state index contributed by atoms with van der Waals surface area (Å²) in [5, 5.41) is 10.0. The van der Waals surface area contributed by atoms with Gasteiger partial charge in [-0.1, -0.05) is 0 Å². The zero-order valence-corrected chi connectivity index (χ0v) is 14.9. The Morgan fingerprint density at radius 3 is 2.84 bits per heavy atom. The highest BCUT2D eigenvalue weighted by molar-refractivity contribution is 5.77. The van der Waals surface area contributed by atoms with E-state index in [2.05, 4.69) is 26.3 Å². The van der Waals surface area contributed by atoms with Crippen LogP contribution >= 0.6 is 0 Å². The lowest BCUT2D eigenvalue weighted by Gasteiger charge is -2.33. The van der Waals surface area contributed by atoms with Gasteiger partial charge in [0, 0.05) is 70.3 Å². The van der Waals surface area contributed by atoms with Gasteiger partial charge < -0.3 is 14.4 Å². The molecule has 0 aromatic carbocycles. The van der Waals surface area contributed by atoms with Crippen molar-refractivity contribution in [1.82, 2.24) is 19.4 Å². The molecule has 25 heavy (non-hydrogen) atoms. The Labute approximate surface area is 148 Å². The van der Waals surface area contributed by atoms with Crippen molar-refractivity contribution >= 4 is 5.97 Å². The van der Waals surface area contributed by atoms with E-state index in [0.717, 1.165) is 58.1 Å². The van der Waals surface area contributed by atoms with Crippen LogP contribution in [0.4, 0.5) is 0 Å². The highest BCUT2D eigenvalue weighted by Gasteiger charge is 2.58. The van der Waals surface area contributed by atoms with Crippen molar-refractivity contribution < 1.29 is 14.6 Å². The number of hydrogen-bond acceptors (Lipinski definition) is 5. The molecule has 0 radical (unpaired) electrons. The van der Waals surface area contributed by atoms with Crippen LogP contribution in [0.25, 0.3) is 0 Å². The lowest BCUT2D eigenvalue weighted by atomic mass is 9.81. The molecular weight excluding hydrogens is 320 g/mol. The van der Waals surface area contributed by atoms with E-state index in [9.17, 15) is 9.90 Å². The van der Waals surface area contributed by atoms with E-state index in [1.54, 1.807) is 0 Å². The first-order valence-electron chi connectivity index (χ1n) is 9.40. The number of aromatic nitrogens is 2. The molecule has 3 fully saturated rings. The predicted molar refractivity (Wildman–Crippen MR) is 92.2 cm³/mol. The second kappa shape index (κ2) is 6.70. The van der Waals surface area contributed by atoms with Crippen molar-refractivity contribution in [3.05, 3.63) is 18.2 Å². The fourth-order valence-electron chi connectivity index (χ4n) is 4.94. The van der Waals surface area contributed by atoms with Crippen LogP contribution < -0.4 is 0 Å². The van der Waals surface area contributed by atoms with Gasteiger partial charge in [-0.3, -0.25) is 14.6 Å². The van der Waals surface area contributed by atoms with Crippen molar-refractivity contribution in [1.29, 1.82) is 0 Å². The van der Waals surface area contributed by atoms with Gasteiger partial charge in [0.15, 0.2) is 0 Å². The van der Waals surface area contributed by atoms with Crippen molar-refractivity contribution in [2.75, 3.05) is 39.4 Å². The minimum Gasteiger partial charge on any atom is -0.481 e. The number of imidazole rings is 1. The summed E-state index contributed by atoms with van der Waals surface area (Å²) in [5.41, 5.74) is -0.623. The van der Waals surface area contributed by atoms with Gasteiger partial charge in [-0.2, -0.15) is 0 Å². The van der Waals surface area contributed by atoms with E-state index >= 15 is 0 Å². The number of hydrogen-bond donors (Lipinski definition) is 1. The van der Waals surface area contributed by atoms with Gasteiger partial charge in [0.2, 0.25) is 0 Å². The molecule has 1 aromatic heterocycles. The minimum absolute atomic E-state index is 0.206. The summed E-state index contributed by atoms with van der Waals surface area (Å²) in [5.74, 6) is 0.607. The summed E-state index contributed by atoms with van der Waals surface area (Å²) in [4.78, 5) is 21.4. The number of carboxylic acids is 1. The van der Waals surface area contributed by atoms with Crippen molar-refractivity contribution in [3.63, 3.8) is 0 Å². The van der Waals surface area contributed by atoms with Crippen LogP contribution in [0, 0.1) is 11.3 Å². The molecule has 3 saturated heterocycles. The molecule has 0 saturated carbocycles. The van der Waals surface area contributed by atoms with Crippen molar-refractivity contribution in [2.45, 2.75) is 38.9 Å². The van der Waals surface area contributed by atoms with Crippen molar-refractivity contribution in [2.24, 2.45) is 11.3 Å². The number of aliphatic carboxylic acids is 1. The smallest absolute Gasteiger partial charge is 0.312 e. The maximum Gasteiger partial charge on any atom is 0.312 e. The third-order valence-electron chi connectivity index (χ3n) is 6.35. The Kier molecular flexibility index (Phi) is 4.56. The number of rotatable bonds is 5. The van der Waals surface area contributed by atoms with E-state index in [0.29, 0.717) is 19.1 Å². The molecule has 0 aliphatic carbocycles. The second-order valence-electron chi connectivity index (χ2n) is 7.73. The number of nitrogens with zero attached hydrogens (tertiary/aromatic N) is 4. The average Bonchev–Trinajstić information content (AvgIpc) is 3.28. The number of likely N-dealkylation sites (tertiary alicyclic amines) is 2. The van der Waals surface area contributed by atoms with Gasteiger partial charge >= 0.3 is 5.97 Å². The first-order chi connectivity index (χ1) is 12.1. The second-order valence-corrected chi connectivity index (χ2v) is 7.73. The Balaban J connectivity index is 1.46. The largest absolute Gasteiger partial charge is 0.481 e. The molecule has 7 nitrogen and oxygen atoms in total. The van der Waals surface area contributed by atoms with Gasteiger partial charge in [-0.15, -0.1) is 0 Å². The number of ether oxygens (including phenoxy) is 1. The van der Waals surface area contributed by atoms with Crippen LogP contribution in [0.2, 0.25) is 0 Å². The monoisotopic (exact) mass is 348 g/mol. The topological polar surface area (TPSA) is 70.8 Å². The molecule has 0 spiro atoms. The molecule has 7 heteroatoms. The Morgan fingerprint density at radius 1 is 1.36 bits per heavy atom. The quantitative estimate of drug-likeness (QED) is 0.853. The Hall–Kier alpha value is -1.44. The normalized spacial score (nSPS) is 31.5. The highest BCUT2D eigenvalue weighted by Crippen LogP contribution is 2.44. The minimum atomic E-state index is -0.631. The molecule has 2 atom stereocenters. The predicted octanol–water partition coefficient (Wildman–Crippen LogP) is 0.900. The van der Waals surface area contributed by atoms with Crippen LogP contribution in [0.3, 0.4) is 0 Å². The average molecular weight is 348 g/mol. The Morgan fingerprint density at radius 2 is 2.16 bits per heavy atom. The van der Waals surface area contributed by atoms with Gasteiger partial charge in [0.05, 0.1) is 12.0 Å². The van der Waals surface area contributed by atoms with E-state index < -0.39 is 11.4 Å². The molecular formula is C18H28N4O3. The van der Waals surface area contributed by atoms with Crippen LogP contribution in [-0.4, -0.2) is 75.9 Å². The number of fused-ring (bicyclic) bond motifs is 1. The third-order valence-corrected chi connectivity index (χ3v) is 6.35. The maximum atomic E-state index is 12.2. The van der Waals surface area contributed by atoms with E-state index in [1.807, 2.05) is 12.4 Å². The molecule has 138 valence electrons. The molecule has 4 heterocycles. The van der Waals surface area contributed by atoms with Crippen LogP contribution in [0.1, 0.15) is 25.6 Å². The zero-order chi connectivity index (χ0) is 17.4. The van der Waals surface area contributed by atoms with E-state index in [1.165, 1.54) is 0 Å². The Bertz CT molecular complexity index is 628.